The van der Waals surface area contributed by atoms with Crippen LogP contribution in [0.1, 0.15) is 23.1 Å². The maximum absolute atomic E-state index is 13.0. The molecule has 0 aromatic heterocycles. The normalized spacial score (nSPS) is 11.8. The first-order valence-electron chi connectivity index (χ1n) is 11.4. The zero-order chi connectivity index (χ0) is 25.8. The molecule has 0 unspecified atom stereocenters. The molecule has 0 aliphatic heterocycles. The van der Waals surface area contributed by atoms with Crippen molar-refractivity contribution in [2.75, 3.05) is 0 Å². The van der Waals surface area contributed by atoms with Crippen LogP contribution >= 0.6 is 0 Å². The van der Waals surface area contributed by atoms with Crippen LogP contribution in [-0.2, 0) is 33.1 Å². The second kappa shape index (κ2) is 10.7. The summed E-state index contributed by atoms with van der Waals surface area (Å²) in [7, 11) is -8.60. The second-order valence-corrected chi connectivity index (χ2v) is 11.5. The van der Waals surface area contributed by atoms with Gasteiger partial charge in [-0.1, -0.05) is 66.2 Å². The van der Waals surface area contributed by atoms with Crippen molar-refractivity contribution in [1.29, 1.82) is 0 Å². The minimum absolute atomic E-state index is 0.00583. The highest BCUT2D eigenvalue weighted by Crippen LogP contribution is 2.37. The van der Waals surface area contributed by atoms with Gasteiger partial charge >= 0.3 is 10.1 Å². The highest BCUT2D eigenvalue weighted by atomic mass is 32.2. The molecular formula is C28H26O6S2. The van der Waals surface area contributed by atoms with Crippen LogP contribution in [0.2, 0.25) is 0 Å². The van der Waals surface area contributed by atoms with Gasteiger partial charge in [-0.25, -0.2) is 0 Å². The predicted octanol–water partition coefficient (Wildman–Crippen LogP) is 5.85. The molecule has 8 heteroatoms. The van der Waals surface area contributed by atoms with Gasteiger partial charge in [0.1, 0.15) is 4.90 Å². The van der Waals surface area contributed by atoms with Crippen LogP contribution in [0.5, 0.6) is 5.75 Å². The van der Waals surface area contributed by atoms with Crippen LogP contribution in [0.15, 0.2) is 107 Å². The molecule has 0 fully saturated rings. The van der Waals surface area contributed by atoms with Crippen LogP contribution in [0.4, 0.5) is 0 Å². The van der Waals surface area contributed by atoms with E-state index in [9.17, 15) is 21.4 Å². The smallest absolute Gasteiger partial charge is 0.339 e. The lowest BCUT2D eigenvalue weighted by Crippen LogP contribution is -2.10. The van der Waals surface area contributed by atoms with Crippen molar-refractivity contribution >= 4 is 20.2 Å². The van der Waals surface area contributed by atoms with Crippen molar-refractivity contribution in [3.63, 3.8) is 0 Å². The quantitative estimate of drug-likeness (QED) is 0.219. The predicted molar refractivity (Wildman–Crippen MR) is 139 cm³/mol. The summed E-state index contributed by atoms with van der Waals surface area (Å²) < 4.78 is 65.0. The molecule has 186 valence electrons. The lowest BCUT2D eigenvalue weighted by Gasteiger charge is -2.16. The minimum Gasteiger partial charge on any atom is -0.378 e. The second-order valence-electron chi connectivity index (χ2n) is 8.48. The molecule has 6 nitrogen and oxygen atoms in total. The maximum Gasteiger partial charge on any atom is 0.339 e. The average Bonchev–Trinajstić information content (AvgIpc) is 2.86. The van der Waals surface area contributed by atoms with Crippen molar-refractivity contribution in [2.45, 2.75) is 36.0 Å². The Kier molecular flexibility index (Phi) is 7.59. The van der Waals surface area contributed by atoms with Crippen molar-refractivity contribution in [3.8, 4) is 16.9 Å². The first kappa shape index (κ1) is 25.6. The number of rotatable bonds is 9. The summed E-state index contributed by atoms with van der Waals surface area (Å²) >= 11 is 0. The van der Waals surface area contributed by atoms with Gasteiger partial charge in [0.05, 0.1) is 4.90 Å². The van der Waals surface area contributed by atoms with Crippen LogP contribution in [0.3, 0.4) is 0 Å². The molecule has 0 saturated carbocycles. The van der Waals surface area contributed by atoms with Gasteiger partial charge in [-0.3, -0.25) is 4.55 Å². The molecule has 4 aromatic carbocycles. The molecule has 0 heterocycles. The molecule has 4 aromatic rings. The Hall–Kier alpha value is -3.46. The fourth-order valence-electron chi connectivity index (χ4n) is 3.99. The fourth-order valence-corrected chi connectivity index (χ4v) is 5.47. The van der Waals surface area contributed by atoms with Gasteiger partial charge in [-0.15, -0.1) is 0 Å². The number of hydrogen-bond acceptors (Lipinski definition) is 5. The Bertz CT molecular complexity index is 1560. The number of benzene rings is 4. The minimum atomic E-state index is -4.47. The van der Waals surface area contributed by atoms with Gasteiger partial charge in [0.15, 0.2) is 5.75 Å². The molecule has 0 aliphatic rings. The first-order valence-corrected chi connectivity index (χ1v) is 14.2. The Morgan fingerprint density at radius 3 is 2.03 bits per heavy atom. The van der Waals surface area contributed by atoms with Crippen LogP contribution in [0.25, 0.3) is 11.1 Å². The molecule has 0 bridgehead atoms. The maximum atomic E-state index is 13.0. The summed E-state index contributed by atoms with van der Waals surface area (Å²) in [5.74, 6) is 0.0706. The Morgan fingerprint density at radius 2 is 1.36 bits per heavy atom. The molecular weight excluding hydrogens is 496 g/mol. The zero-order valence-corrected chi connectivity index (χ0v) is 21.3. The molecule has 4 rings (SSSR count). The Balaban J connectivity index is 1.76. The van der Waals surface area contributed by atoms with E-state index in [-0.39, 0.29) is 15.5 Å². The topological polar surface area (TPSA) is 97.7 Å². The van der Waals surface area contributed by atoms with Gasteiger partial charge in [0.2, 0.25) is 0 Å². The molecule has 0 amide bonds. The van der Waals surface area contributed by atoms with Crippen LogP contribution in [0, 0.1) is 6.92 Å². The van der Waals surface area contributed by atoms with Gasteiger partial charge in [0.25, 0.3) is 10.1 Å². The monoisotopic (exact) mass is 522 g/mol. The highest BCUT2D eigenvalue weighted by molar-refractivity contribution is 7.87. The summed E-state index contributed by atoms with van der Waals surface area (Å²) in [5.41, 5.74) is 3.74. The molecule has 0 radical (unpaired) electrons. The zero-order valence-electron chi connectivity index (χ0n) is 19.7. The van der Waals surface area contributed by atoms with E-state index >= 15 is 0 Å². The highest BCUT2D eigenvalue weighted by Gasteiger charge is 2.21. The van der Waals surface area contributed by atoms with E-state index in [2.05, 4.69) is 0 Å². The first-order chi connectivity index (χ1) is 17.1. The van der Waals surface area contributed by atoms with Crippen LogP contribution in [-0.4, -0.2) is 21.4 Å². The SMILES string of the molecule is Cc1ccc(OS(=O)(=O)c2ccccc2)c(-c2cc(S(=O)(=O)O)ccc2CCCc2ccccc2)c1. The third-order valence-corrected chi connectivity index (χ3v) is 7.89. The summed E-state index contributed by atoms with van der Waals surface area (Å²) in [5, 5.41) is 0. The molecule has 0 saturated heterocycles. The molecule has 36 heavy (non-hydrogen) atoms. The van der Waals surface area contributed by atoms with Crippen molar-refractivity contribution in [3.05, 3.63) is 114 Å². The molecule has 0 atom stereocenters. The van der Waals surface area contributed by atoms with Crippen molar-refractivity contribution in [1.82, 2.24) is 0 Å². The average molecular weight is 523 g/mol. The lowest BCUT2D eigenvalue weighted by atomic mass is 9.94. The summed E-state index contributed by atoms with van der Waals surface area (Å²) in [6, 6.07) is 27.2. The number of hydrogen-bond donors (Lipinski definition) is 1. The number of aryl methyl sites for hydroxylation is 3. The van der Waals surface area contributed by atoms with Gasteiger partial charge in [-0.2, -0.15) is 16.8 Å². The van der Waals surface area contributed by atoms with Gasteiger partial charge < -0.3 is 4.18 Å². The summed E-state index contributed by atoms with van der Waals surface area (Å²) in [6.45, 7) is 1.85. The molecule has 1 N–H and O–H groups in total. The fraction of sp³-hybridized carbons (Fsp3) is 0.143. The van der Waals surface area contributed by atoms with Crippen molar-refractivity contribution in [2.24, 2.45) is 0 Å². The van der Waals surface area contributed by atoms with E-state index in [4.69, 9.17) is 4.18 Å². The summed E-state index contributed by atoms with van der Waals surface area (Å²) in [4.78, 5) is -0.269. The van der Waals surface area contributed by atoms with Crippen molar-refractivity contribution < 1.29 is 25.6 Å². The van der Waals surface area contributed by atoms with E-state index < -0.39 is 20.2 Å². The van der Waals surface area contributed by atoms with Crippen LogP contribution < -0.4 is 4.18 Å². The van der Waals surface area contributed by atoms with Gasteiger partial charge in [-0.05, 0) is 79.3 Å². The lowest BCUT2D eigenvalue weighted by molar-refractivity contribution is 0.481. The summed E-state index contributed by atoms with van der Waals surface area (Å²) in [6.07, 6.45) is 2.21. The van der Waals surface area contributed by atoms with E-state index in [1.54, 1.807) is 42.5 Å². The molecule has 0 spiro atoms. The Labute approximate surface area is 212 Å². The van der Waals surface area contributed by atoms with E-state index in [0.29, 0.717) is 17.5 Å². The Morgan fingerprint density at radius 1 is 0.694 bits per heavy atom. The third kappa shape index (κ3) is 6.20. The van der Waals surface area contributed by atoms with E-state index in [1.807, 2.05) is 37.3 Å². The van der Waals surface area contributed by atoms with E-state index in [1.165, 1.54) is 29.8 Å². The molecule has 0 aliphatic carbocycles. The third-order valence-electron chi connectivity index (χ3n) is 5.79. The standard InChI is InChI=1S/C28H26O6S2/c1-21-15-18-28(34-36(32,33)24-13-6-3-7-14-24)27(19-21)26-20-25(35(29,30)31)17-16-23(26)12-8-11-22-9-4-2-5-10-22/h2-7,9-10,13-20H,8,11-12H2,1H3,(H,29,30,31). The van der Waals surface area contributed by atoms with Gasteiger partial charge in [0, 0.05) is 5.56 Å². The largest absolute Gasteiger partial charge is 0.378 e. The van der Waals surface area contributed by atoms with E-state index in [0.717, 1.165) is 24.0 Å².